The van der Waals surface area contributed by atoms with E-state index in [4.69, 9.17) is 16.1 Å². The number of hydrogen-bond acceptors (Lipinski definition) is 4. The largest absolute Gasteiger partial charge is 0.397 e. The average molecular weight is 233 g/mol. The van der Waals surface area contributed by atoms with Crippen LogP contribution >= 0.6 is 0 Å². The normalized spacial score (nSPS) is 12.2. The van der Waals surface area contributed by atoms with Gasteiger partial charge in [-0.2, -0.15) is 5.26 Å². The predicted molar refractivity (Wildman–Crippen MR) is 69.5 cm³/mol. The Bertz CT molecular complexity index is 410. The van der Waals surface area contributed by atoms with Crippen molar-refractivity contribution < 1.29 is 5.11 Å². The van der Waals surface area contributed by atoms with Gasteiger partial charge in [-0.05, 0) is 30.5 Å². The minimum absolute atomic E-state index is 0.145. The molecule has 1 aromatic rings. The highest BCUT2D eigenvalue weighted by Gasteiger charge is 2.13. The third-order valence-electron chi connectivity index (χ3n) is 2.77. The molecular formula is C13H19N3O. The first-order valence-electron chi connectivity index (χ1n) is 5.75. The molecule has 4 nitrogen and oxygen atoms in total. The SMILES string of the molecule is CC(C)C(CCO)Nc1ccc(C#N)cc1N. The number of hydrogen-bond donors (Lipinski definition) is 3. The molecule has 4 N–H and O–H groups in total. The molecule has 17 heavy (non-hydrogen) atoms. The number of nitrogens with two attached hydrogens (primary N) is 1. The minimum atomic E-state index is 0.145. The summed E-state index contributed by atoms with van der Waals surface area (Å²) < 4.78 is 0. The number of nitrogens with zero attached hydrogens (tertiary/aromatic N) is 1. The van der Waals surface area contributed by atoms with Gasteiger partial charge in [0.15, 0.2) is 0 Å². The second-order valence-corrected chi connectivity index (χ2v) is 4.42. The molecule has 1 rings (SSSR count). The van der Waals surface area contributed by atoms with Crippen LogP contribution in [0.5, 0.6) is 0 Å². The first-order valence-corrected chi connectivity index (χ1v) is 5.75. The minimum Gasteiger partial charge on any atom is -0.397 e. The molecule has 0 bridgehead atoms. The van der Waals surface area contributed by atoms with Gasteiger partial charge in [0.2, 0.25) is 0 Å². The highest BCUT2D eigenvalue weighted by Crippen LogP contribution is 2.22. The van der Waals surface area contributed by atoms with Crippen molar-refractivity contribution in [3.05, 3.63) is 23.8 Å². The number of rotatable bonds is 5. The Labute approximate surface area is 102 Å². The lowest BCUT2D eigenvalue weighted by Gasteiger charge is -2.23. The molecule has 1 aromatic carbocycles. The van der Waals surface area contributed by atoms with Crippen LogP contribution in [0.15, 0.2) is 18.2 Å². The van der Waals surface area contributed by atoms with Gasteiger partial charge in [-0.15, -0.1) is 0 Å². The zero-order chi connectivity index (χ0) is 12.8. The highest BCUT2D eigenvalue weighted by molar-refractivity contribution is 5.68. The zero-order valence-corrected chi connectivity index (χ0v) is 10.3. The number of nitriles is 1. The summed E-state index contributed by atoms with van der Waals surface area (Å²) in [6.07, 6.45) is 0.678. The van der Waals surface area contributed by atoms with Crippen molar-refractivity contribution in [1.82, 2.24) is 0 Å². The van der Waals surface area contributed by atoms with Crippen LogP contribution in [0.2, 0.25) is 0 Å². The van der Waals surface area contributed by atoms with Crippen LogP contribution in [-0.4, -0.2) is 17.8 Å². The second kappa shape index (κ2) is 6.12. The molecule has 0 heterocycles. The number of nitrogen functional groups attached to an aromatic ring is 1. The maximum Gasteiger partial charge on any atom is 0.0992 e. The van der Waals surface area contributed by atoms with Crippen molar-refractivity contribution in [2.75, 3.05) is 17.7 Å². The maximum atomic E-state index is 9.00. The summed E-state index contributed by atoms with van der Waals surface area (Å²) in [5.74, 6) is 0.400. The fourth-order valence-electron chi connectivity index (χ4n) is 1.67. The Balaban J connectivity index is 2.83. The molecule has 0 aliphatic rings. The van der Waals surface area contributed by atoms with Gasteiger partial charge in [0.25, 0.3) is 0 Å². The van der Waals surface area contributed by atoms with Crippen LogP contribution in [-0.2, 0) is 0 Å². The molecule has 0 radical (unpaired) electrons. The molecule has 0 amide bonds. The van der Waals surface area contributed by atoms with Gasteiger partial charge in [-0.3, -0.25) is 0 Å². The molecule has 1 unspecified atom stereocenters. The summed E-state index contributed by atoms with van der Waals surface area (Å²) >= 11 is 0. The third-order valence-corrected chi connectivity index (χ3v) is 2.77. The molecule has 4 heteroatoms. The summed E-state index contributed by atoms with van der Waals surface area (Å²) in [6.45, 7) is 4.33. The van der Waals surface area contributed by atoms with Crippen LogP contribution in [0.3, 0.4) is 0 Å². The van der Waals surface area contributed by atoms with Crippen molar-refractivity contribution in [3.63, 3.8) is 0 Å². The monoisotopic (exact) mass is 233 g/mol. The lowest BCUT2D eigenvalue weighted by molar-refractivity contribution is 0.267. The van der Waals surface area contributed by atoms with Gasteiger partial charge in [-0.1, -0.05) is 13.8 Å². The van der Waals surface area contributed by atoms with Crippen LogP contribution in [0.25, 0.3) is 0 Å². The van der Waals surface area contributed by atoms with E-state index < -0.39 is 0 Å². The molecule has 0 saturated heterocycles. The van der Waals surface area contributed by atoms with E-state index in [1.54, 1.807) is 18.2 Å². The van der Waals surface area contributed by atoms with Crippen LogP contribution in [0, 0.1) is 17.2 Å². The molecule has 1 atom stereocenters. The molecule has 0 aromatic heterocycles. The number of aliphatic hydroxyl groups excluding tert-OH is 1. The van der Waals surface area contributed by atoms with Crippen molar-refractivity contribution in [2.45, 2.75) is 26.3 Å². The van der Waals surface area contributed by atoms with E-state index in [0.717, 1.165) is 5.69 Å². The first-order chi connectivity index (χ1) is 8.08. The van der Waals surface area contributed by atoms with E-state index in [9.17, 15) is 0 Å². The topological polar surface area (TPSA) is 82.1 Å². The van der Waals surface area contributed by atoms with Crippen molar-refractivity contribution in [1.29, 1.82) is 5.26 Å². The predicted octanol–water partition coefficient (Wildman–Crippen LogP) is 1.96. The number of nitrogens with one attached hydrogen (secondary N) is 1. The quantitative estimate of drug-likeness (QED) is 0.679. The average Bonchev–Trinajstić information content (AvgIpc) is 2.30. The number of anilines is 2. The second-order valence-electron chi connectivity index (χ2n) is 4.42. The van der Waals surface area contributed by atoms with E-state index in [2.05, 4.69) is 19.2 Å². The lowest BCUT2D eigenvalue weighted by atomic mass is 10.0. The molecule has 0 aliphatic heterocycles. The smallest absolute Gasteiger partial charge is 0.0992 e. The van der Waals surface area contributed by atoms with Gasteiger partial charge in [0, 0.05) is 12.6 Å². The summed E-state index contributed by atoms with van der Waals surface area (Å²) in [5, 5.41) is 21.1. The summed E-state index contributed by atoms with van der Waals surface area (Å²) in [6, 6.07) is 7.41. The Morgan fingerprint density at radius 3 is 2.65 bits per heavy atom. The van der Waals surface area contributed by atoms with E-state index in [0.29, 0.717) is 23.6 Å². The molecule has 0 saturated carbocycles. The van der Waals surface area contributed by atoms with E-state index in [1.807, 2.05) is 6.07 Å². The Kier molecular flexibility index (Phi) is 4.80. The maximum absolute atomic E-state index is 9.00. The Hall–Kier alpha value is -1.73. The van der Waals surface area contributed by atoms with Crippen molar-refractivity contribution in [3.8, 4) is 6.07 Å². The van der Waals surface area contributed by atoms with E-state index in [1.165, 1.54) is 0 Å². The Morgan fingerprint density at radius 2 is 2.18 bits per heavy atom. The summed E-state index contributed by atoms with van der Waals surface area (Å²) in [5.41, 5.74) is 7.80. The lowest BCUT2D eigenvalue weighted by Crippen LogP contribution is -2.27. The van der Waals surface area contributed by atoms with Crippen LogP contribution in [0.4, 0.5) is 11.4 Å². The van der Waals surface area contributed by atoms with Gasteiger partial charge >= 0.3 is 0 Å². The first kappa shape index (κ1) is 13.3. The molecule has 0 spiro atoms. The van der Waals surface area contributed by atoms with Crippen molar-refractivity contribution in [2.24, 2.45) is 5.92 Å². The van der Waals surface area contributed by atoms with Gasteiger partial charge < -0.3 is 16.2 Å². The molecule has 0 fully saturated rings. The summed E-state index contributed by atoms with van der Waals surface area (Å²) in [4.78, 5) is 0. The van der Waals surface area contributed by atoms with Crippen LogP contribution in [0.1, 0.15) is 25.8 Å². The van der Waals surface area contributed by atoms with Gasteiger partial charge in [0.1, 0.15) is 0 Å². The number of aliphatic hydroxyl groups is 1. The zero-order valence-electron chi connectivity index (χ0n) is 10.3. The Morgan fingerprint density at radius 1 is 1.47 bits per heavy atom. The molecule has 92 valence electrons. The van der Waals surface area contributed by atoms with E-state index >= 15 is 0 Å². The van der Waals surface area contributed by atoms with Crippen molar-refractivity contribution >= 4 is 11.4 Å². The van der Waals surface area contributed by atoms with Gasteiger partial charge in [0.05, 0.1) is 23.0 Å². The third kappa shape index (κ3) is 3.65. The van der Waals surface area contributed by atoms with Gasteiger partial charge in [-0.25, -0.2) is 0 Å². The molecule has 0 aliphatic carbocycles. The summed E-state index contributed by atoms with van der Waals surface area (Å²) in [7, 11) is 0. The number of benzene rings is 1. The highest BCUT2D eigenvalue weighted by atomic mass is 16.3. The standard InChI is InChI=1S/C13H19N3O/c1-9(2)12(5-6-17)16-13-4-3-10(8-14)7-11(13)15/h3-4,7,9,12,16-17H,5-6,15H2,1-2H3. The van der Waals surface area contributed by atoms with Crippen LogP contribution < -0.4 is 11.1 Å². The fraction of sp³-hybridized carbons (Fsp3) is 0.462. The van der Waals surface area contributed by atoms with E-state index in [-0.39, 0.29) is 12.6 Å². The molecular weight excluding hydrogens is 214 g/mol. The fourth-order valence-corrected chi connectivity index (χ4v) is 1.67.